The number of thiophene rings is 1. The van der Waals surface area contributed by atoms with Crippen LogP contribution in [0.2, 0.25) is 0 Å². The predicted octanol–water partition coefficient (Wildman–Crippen LogP) is 1.93. The first-order chi connectivity index (χ1) is 7.20. The molecule has 0 atom stereocenters. The minimum atomic E-state index is 0.000301. The van der Waals surface area contributed by atoms with Crippen LogP contribution in [0, 0.1) is 0 Å². The zero-order valence-corrected chi connectivity index (χ0v) is 10.00. The number of rotatable bonds is 6. The number of carbonyl (C=O) groups is 1. The van der Waals surface area contributed by atoms with Crippen LogP contribution in [0.15, 0.2) is 17.5 Å². The molecule has 0 aliphatic carbocycles. The van der Waals surface area contributed by atoms with E-state index in [2.05, 4.69) is 5.32 Å². The zero-order valence-electron chi connectivity index (χ0n) is 8.36. The Hall–Kier alpha value is -0.940. The number of amides is 1. The van der Waals surface area contributed by atoms with Gasteiger partial charge in [-0.25, -0.2) is 0 Å². The summed E-state index contributed by atoms with van der Waals surface area (Å²) in [4.78, 5) is 12.7. The fourth-order valence-electron chi connectivity index (χ4n) is 1.12. The van der Waals surface area contributed by atoms with Crippen LogP contribution in [0.4, 0.5) is 0 Å². The van der Waals surface area contributed by atoms with Crippen LogP contribution in [-0.4, -0.2) is 17.4 Å². The molecule has 0 saturated heterocycles. The molecule has 1 heterocycles. The highest BCUT2D eigenvalue weighted by Crippen LogP contribution is 2.07. The molecular formula is C10H14N2OS2. The number of carbonyl (C=O) groups excluding carboxylic acids is 1. The van der Waals surface area contributed by atoms with Crippen LogP contribution in [0.3, 0.4) is 0 Å². The molecule has 5 heteroatoms. The number of hydrogen-bond donors (Lipinski definition) is 2. The Kier molecular flexibility index (Phi) is 5.28. The number of nitrogens with one attached hydrogen (secondary N) is 1. The molecule has 1 amide bonds. The molecule has 0 aliphatic heterocycles. The maximum absolute atomic E-state index is 11.5. The molecule has 0 bridgehead atoms. The third kappa shape index (κ3) is 4.90. The van der Waals surface area contributed by atoms with Gasteiger partial charge in [0, 0.05) is 6.54 Å². The summed E-state index contributed by atoms with van der Waals surface area (Å²) in [6, 6.07) is 3.68. The highest BCUT2D eigenvalue weighted by atomic mass is 32.1. The molecule has 0 fully saturated rings. The van der Waals surface area contributed by atoms with Crippen molar-refractivity contribution in [2.45, 2.75) is 19.3 Å². The van der Waals surface area contributed by atoms with E-state index in [0.29, 0.717) is 11.5 Å². The van der Waals surface area contributed by atoms with Gasteiger partial charge in [0.05, 0.1) is 9.87 Å². The van der Waals surface area contributed by atoms with E-state index < -0.39 is 0 Å². The molecule has 0 aromatic carbocycles. The Morgan fingerprint density at radius 1 is 1.53 bits per heavy atom. The summed E-state index contributed by atoms with van der Waals surface area (Å²) < 4.78 is 0. The first-order valence-electron chi connectivity index (χ1n) is 4.80. The first-order valence-corrected chi connectivity index (χ1v) is 6.09. The Labute approximate surface area is 98.7 Å². The largest absolute Gasteiger partial charge is 0.393 e. The molecule has 0 aliphatic rings. The quantitative estimate of drug-likeness (QED) is 0.592. The second-order valence-electron chi connectivity index (χ2n) is 3.16. The van der Waals surface area contributed by atoms with Crippen molar-refractivity contribution in [2.24, 2.45) is 5.73 Å². The van der Waals surface area contributed by atoms with Crippen LogP contribution in [0.1, 0.15) is 28.9 Å². The van der Waals surface area contributed by atoms with Crippen molar-refractivity contribution in [3.63, 3.8) is 0 Å². The summed E-state index contributed by atoms with van der Waals surface area (Å²) in [5.74, 6) is 0.000301. The van der Waals surface area contributed by atoms with Gasteiger partial charge in [0.15, 0.2) is 0 Å². The summed E-state index contributed by atoms with van der Waals surface area (Å²) >= 11 is 6.20. The minimum absolute atomic E-state index is 0.000301. The lowest BCUT2D eigenvalue weighted by atomic mass is 10.2. The predicted molar refractivity (Wildman–Crippen MR) is 67.3 cm³/mol. The SMILES string of the molecule is NC(=S)CCCCNC(=O)c1cccs1. The third-order valence-electron chi connectivity index (χ3n) is 1.88. The number of thiocarbonyl (C=S) groups is 1. The Morgan fingerprint density at radius 3 is 2.93 bits per heavy atom. The average Bonchev–Trinajstić information content (AvgIpc) is 2.69. The van der Waals surface area contributed by atoms with Crippen molar-refractivity contribution in [3.05, 3.63) is 22.4 Å². The molecule has 82 valence electrons. The Bertz CT molecular complexity index is 322. The summed E-state index contributed by atoms with van der Waals surface area (Å²) in [5.41, 5.74) is 5.36. The molecule has 3 N–H and O–H groups in total. The smallest absolute Gasteiger partial charge is 0.261 e. The Balaban J connectivity index is 2.10. The zero-order chi connectivity index (χ0) is 11.1. The van der Waals surface area contributed by atoms with Gasteiger partial charge in [0.25, 0.3) is 5.91 Å². The van der Waals surface area contributed by atoms with Crippen molar-refractivity contribution in [2.75, 3.05) is 6.54 Å². The van der Waals surface area contributed by atoms with Gasteiger partial charge in [0.1, 0.15) is 0 Å². The molecule has 0 radical (unpaired) electrons. The van der Waals surface area contributed by atoms with Crippen LogP contribution in [0.25, 0.3) is 0 Å². The lowest BCUT2D eigenvalue weighted by Gasteiger charge is -2.02. The van der Waals surface area contributed by atoms with E-state index in [-0.39, 0.29) is 5.91 Å². The lowest BCUT2D eigenvalue weighted by molar-refractivity contribution is 0.0957. The van der Waals surface area contributed by atoms with Gasteiger partial charge in [-0.15, -0.1) is 11.3 Å². The molecule has 1 aromatic heterocycles. The second-order valence-corrected chi connectivity index (χ2v) is 4.63. The van der Waals surface area contributed by atoms with Crippen molar-refractivity contribution in [1.82, 2.24) is 5.32 Å². The van der Waals surface area contributed by atoms with Crippen LogP contribution in [-0.2, 0) is 0 Å². The molecule has 15 heavy (non-hydrogen) atoms. The van der Waals surface area contributed by atoms with Gasteiger partial charge in [-0.1, -0.05) is 18.3 Å². The minimum Gasteiger partial charge on any atom is -0.393 e. The van der Waals surface area contributed by atoms with Crippen LogP contribution in [0.5, 0.6) is 0 Å². The van der Waals surface area contributed by atoms with E-state index in [1.54, 1.807) is 0 Å². The maximum atomic E-state index is 11.5. The average molecular weight is 242 g/mol. The van der Waals surface area contributed by atoms with E-state index >= 15 is 0 Å². The number of nitrogens with two attached hydrogens (primary N) is 1. The lowest BCUT2D eigenvalue weighted by Crippen LogP contribution is -2.23. The Morgan fingerprint density at radius 2 is 2.33 bits per heavy atom. The third-order valence-corrected chi connectivity index (χ3v) is 2.95. The monoisotopic (exact) mass is 242 g/mol. The standard InChI is InChI=1S/C10H14N2OS2/c11-9(14)5-1-2-6-12-10(13)8-4-3-7-15-8/h3-4,7H,1-2,5-6H2,(H2,11,14)(H,12,13). The molecule has 0 saturated carbocycles. The van der Waals surface area contributed by atoms with E-state index in [1.807, 2.05) is 17.5 Å². The molecule has 3 nitrogen and oxygen atoms in total. The van der Waals surface area contributed by atoms with Gasteiger partial charge in [0.2, 0.25) is 0 Å². The van der Waals surface area contributed by atoms with Gasteiger partial charge >= 0.3 is 0 Å². The summed E-state index contributed by atoms with van der Waals surface area (Å²) in [6.45, 7) is 0.680. The molecular weight excluding hydrogens is 228 g/mol. The number of unbranched alkanes of at least 4 members (excludes halogenated alkanes) is 1. The first kappa shape index (κ1) is 12.1. The molecule has 1 aromatic rings. The fraction of sp³-hybridized carbons (Fsp3) is 0.400. The summed E-state index contributed by atoms with van der Waals surface area (Å²) in [5, 5.41) is 4.74. The van der Waals surface area contributed by atoms with Gasteiger partial charge in [-0.05, 0) is 30.7 Å². The van der Waals surface area contributed by atoms with Gasteiger partial charge in [-0.2, -0.15) is 0 Å². The van der Waals surface area contributed by atoms with E-state index in [9.17, 15) is 4.79 Å². The van der Waals surface area contributed by atoms with Crippen molar-refractivity contribution >= 4 is 34.5 Å². The second kappa shape index (κ2) is 6.53. The van der Waals surface area contributed by atoms with Crippen molar-refractivity contribution < 1.29 is 4.79 Å². The van der Waals surface area contributed by atoms with Crippen LogP contribution < -0.4 is 11.1 Å². The molecule has 0 spiro atoms. The van der Waals surface area contributed by atoms with Crippen LogP contribution >= 0.6 is 23.6 Å². The number of hydrogen-bond acceptors (Lipinski definition) is 3. The highest BCUT2D eigenvalue weighted by Gasteiger charge is 2.04. The summed E-state index contributed by atoms with van der Waals surface area (Å²) in [6.07, 6.45) is 2.60. The van der Waals surface area contributed by atoms with E-state index in [0.717, 1.165) is 24.1 Å². The van der Waals surface area contributed by atoms with E-state index in [4.69, 9.17) is 18.0 Å². The van der Waals surface area contributed by atoms with Crippen molar-refractivity contribution in [1.29, 1.82) is 0 Å². The van der Waals surface area contributed by atoms with E-state index in [1.165, 1.54) is 11.3 Å². The van der Waals surface area contributed by atoms with Crippen molar-refractivity contribution in [3.8, 4) is 0 Å². The normalized spacial score (nSPS) is 9.87. The van der Waals surface area contributed by atoms with Gasteiger partial charge < -0.3 is 11.1 Å². The molecule has 0 unspecified atom stereocenters. The molecule has 1 rings (SSSR count). The highest BCUT2D eigenvalue weighted by molar-refractivity contribution is 7.80. The topological polar surface area (TPSA) is 55.1 Å². The summed E-state index contributed by atoms with van der Waals surface area (Å²) in [7, 11) is 0. The maximum Gasteiger partial charge on any atom is 0.261 e. The van der Waals surface area contributed by atoms with Gasteiger partial charge in [-0.3, -0.25) is 4.79 Å². The fourth-order valence-corrected chi connectivity index (χ4v) is 1.91.